The van der Waals surface area contributed by atoms with Crippen molar-refractivity contribution in [2.75, 3.05) is 20.3 Å². The van der Waals surface area contributed by atoms with Gasteiger partial charge in [0.05, 0.1) is 18.7 Å². The van der Waals surface area contributed by atoms with Crippen LogP contribution in [-0.2, 0) is 9.59 Å². The number of carbonyl (C=O) groups is 2. The highest BCUT2D eigenvalue weighted by molar-refractivity contribution is 6.32. The number of hydrogen-bond acceptors (Lipinski definition) is 5. The minimum atomic E-state index is -0.442. The number of allylic oxidation sites excluding steroid dienone is 4. The molecule has 1 aromatic rings. The van der Waals surface area contributed by atoms with Crippen molar-refractivity contribution in [1.29, 1.82) is 0 Å². The predicted octanol–water partition coefficient (Wildman–Crippen LogP) is 6.84. The molecule has 6 heteroatoms. The predicted molar refractivity (Wildman–Crippen MR) is 139 cm³/mol. The van der Waals surface area contributed by atoms with Gasteiger partial charge in [0.1, 0.15) is 0 Å². The summed E-state index contributed by atoms with van der Waals surface area (Å²) in [6, 6.07) is 3.75. The first-order chi connectivity index (χ1) is 16.4. The second-order valence-corrected chi connectivity index (χ2v) is 12.1. The largest absolute Gasteiger partial charge is 0.491 e. The van der Waals surface area contributed by atoms with Crippen LogP contribution in [-0.4, -0.2) is 36.7 Å². The average Bonchev–Trinajstić information content (AvgIpc) is 2.73. The molecule has 190 valence electrons. The number of rotatable bonds is 6. The molecule has 0 aromatic heterocycles. The van der Waals surface area contributed by atoms with Crippen molar-refractivity contribution in [1.82, 2.24) is 4.90 Å². The molecular weight excluding hydrogens is 462 g/mol. The molecule has 5 nitrogen and oxygen atoms in total. The fourth-order valence-corrected chi connectivity index (χ4v) is 6.39. The second-order valence-electron chi connectivity index (χ2n) is 11.7. The minimum Gasteiger partial charge on any atom is -0.491 e. The first-order valence-corrected chi connectivity index (χ1v) is 13.1. The molecule has 1 aliphatic heterocycles. The quantitative estimate of drug-likeness (QED) is 0.428. The third-order valence-corrected chi connectivity index (χ3v) is 7.62. The second kappa shape index (κ2) is 9.31. The van der Waals surface area contributed by atoms with Crippen LogP contribution in [0, 0.1) is 10.8 Å². The Morgan fingerprint density at radius 2 is 1.49 bits per heavy atom. The summed E-state index contributed by atoms with van der Waals surface area (Å²) in [4.78, 5) is 29.9. The van der Waals surface area contributed by atoms with Crippen molar-refractivity contribution < 1.29 is 19.1 Å². The average molecular weight is 500 g/mol. The van der Waals surface area contributed by atoms with Crippen LogP contribution in [0.4, 0.5) is 0 Å². The van der Waals surface area contributed by atoms with Crippen LogP contribution in [0.15, 0.2) is 34.7 Å². The SMILES string of the molecule is CCCN1C2=C(C(=O)CC(C)(C)C2)C(c2cc(Cl)c(OC)c(OCC)c2)C2=C1CC(C)(C)CC2=O. The van der Waals surface area contributed by atoms with Gasteiger partial charge in [-0.1, -0.05) is 46.2 Å². The molecule has 4 rings (SSSR count). The molecule has 3 aliphatic rings. The zero-order chi connectivity index (χ0) is 25.7. The summed E-state index contributed by atoms with van der Waals surface area (Å²) in [6.45, 7) is 13.9. The van der Waals surface area contributed by atoms with Crippen LogP contribution in [0.5, 0.6) is 11.5 Å². The van der Waals surface area contributed by atoms with Crippen LogP contribution in [0.2, 0.25) is 5.02 Å². The lowest BCUT2D eigenvalue weighted by Crippen LogP contribution is -2.44. The van der Waals surface area contributed by atoms with Crippen molar-refractivity contribution >= 4 is 23.2 Å². The monoisotopic (exact) mass is 499 g/mol. The molecule has 0 saturated heterocycles. The molecule has 1 aromatic carbocycles. The Bertz CT molecular complexity index is 1070. The zero-order valence-corrected chi connectivity index (χ0v) is 22.9. The fourth-order valence-electron chi connectivity index (χ4n) is 6.09. The first-order valence-electron chi connectivity index (χ1n) is 12.7. The van der Waals surface area contributed by atoms with Crippen molar-refractivity contribution in [3.05, 3.63) is 45.3 Å². The Kier molecular flexibility index (Phi) is 6.87. The summed E-state index contributed by atoms with van der Waals surface area (Å²) < 4.78 is 11.4. The van der Waals surface area contributed by atoms with Gasteiger partial charge in [-0.2, -0.15) is 0 Å². The van der Waals surface area contributed by atoms with E-state index >= 15 is 0 Å². The van der Waals surface area contributed by atoms with E-state index in [0.29, 0.717) is 36.0 Å². The number of carbonyl (C=O) groups excluding carboxylic acids is 2. The lowest BCUT2D eigenvalue weighted by atomic mass is 9.63. The Balaban J connectivity index is 2.02. The van der Waals surface area contributed by atoms with Gasteiger partial charge in [-0.15, -0.1) is 0 Å². The summed E-state index contributed by atoms with van der Waals surface area (Å²) in [5.41, 5.74) is 4.22. The van der Waals surface area contributed by atoms with E-state index < -0.39 is 5.92 Å². The number of ether oxygens (including phenoxy) is 2. The van der Waals surface area contributed by atoms with Crippen molar-refractivity contribution in [3.8, 4) is 11.5 Å². The van der Waals surface area contributed by atoms with Gasteiger partial charge in [0.2, 0.25) is 0 Å². The molecule has 35 heavy (non-hydrogen) atoms. The van der Waals surface area contributed by atoms with Crippen molar-refractivity contribution in [2.45, 2.75) is 79.6 Å². The number of nitrogens with zero attached hydrogens (tertiary/aromatic N) is 1. The number of halogens is 1. The maximum absolute atomic E-state index is 13.8. The van der Waals surface area contributed by atoms with Gasteiger partial charge in [-0.25, -0.2) is 0 Å². The van der Waals surface area contributed by atoms with Crippen LogP contribution in [0.1, 0.15) is 85.1 Å². The van der Waals surface area contributed by atoms with Gasteiger partial charge in [0, 0.05) is 47.8 Å². The van der Waals surface area contributed by atoms with E-state index in [4.69, 9.17) is 21.1 Å². The summed E-state index contributed by atoms with van der Waals surface area (Å²) in [7, 11) is 1.56. The Labute approximate surface area is 214 Å². The zero-order valence-electron chi connectivity index (χ0n) is 22.1. The van der Waals surface area contributed by atoms with Gasteiger partial charge >= 0.3 is 0 Å². The van der Waals surface area contributed by atoms with E-state index in [2.05, 4.69) is 39.5 Å². The molecule has 1 heterocycles. The van der Waals surface area contributed by atoms with Gasteiger partial charge < -0.3 is 14.4 Å². The highest BCUT2D eigenvalue weighted by Crippen LogP contribution is 2.55. The molecule has 0 atom stereocenters. The Morgan fingerprint density at radius 3 is 1.94 bits per heavy atom. The standard InChI is InChI=1S/C29H38ClNO4/c1-8-10-31-19-13-28(3,4)15-21(32)25(19)24(26-20(31)14-29(5,6)16-22(26)33)17-11-18(30)27(34-7)23(12-17)35-9-2/h11-12,24H,8-10,13-16H2,1-7H3. The van der Waals surface area contributed by atoms with E-state index in [0.717, 1.165) is 53.9 Å². The van der Waals surface area contributed by atoms with E-state index in [9.17, 15) is 9.59 Å². The van der Waals surface area contributed by atoms with E-state index in [-0.39, 0.29) is 22.4 Å². The third kappa shape index (κ3) is 4.64. The number of hydrogen-bond donors (Lipinski definition) is 0. The molecular formula is C29H38ClNO4. The third-order valence-electron chi connectivity index (χ3n) is 7.34. The summed E-state index contributed by atoms with van der Waals surface area (Å²) in [6.07, 6.45) is 3.47. The molecule has 0 radical (unpaired) electrons. The molecule has 0 unspecified atom stereocenters. The number of Topliss-reactive ketones (excluding diaryl/α,β-unsaturated/α-hetero) is 2. The number of methoxy groups -OCH3 is 1. The summed E-state index contributed by atoms with van der Waals surface area (Å²) >= 11 is 6.66. The molecule has 2 aliphatic carbocycles. The summed E-state index contributed by atoms with van der Waals surface area (Å²) in [5.74, 6) is 0.803. The summed E-state index contributed by atoms with van der Waals surface area (Å²) in [5, 5.41) is 0.418. The van der Waals surface area contributed by atoms with Crippen LogP contribution < -0.4 is 9.47 Å². The van der Waals surface area contributed by atoms with Crippen molar-refractivity contribution in [3.63, 3.8) is 0 Å². The first kappa shape index (κ1) is 25.8. The van der Waals surface area contributed by atoms with E-state index in [1.54, 1.807) is 7.11 Å². The number of ketones is 2. The van der Waals surface area contributed by atoms with Gasteiger partial charge in [-0.05, 0) is 54.7 Å². The molecule has 0 saturated carbocycles. The van der Waals surface area contributed by atoms with Crippen LogP contribution >= 0.6 is 11.6 Å². The molecule has 0 fully saturated rings. The Morgan fingerprint density at radius 1 is 0.943 bits per heavy atom. The minimum absolute atomic E-state index is 0.122. The van der Waals surface area contributed by atoms with Crippen LogP contribution in [0.3, 0.4) is 0 Å². The van der Waals surface area contributed by atoms with E-state index in [1.165, 1.54) is 0 Å². The molecule has 0 bridgehead atoms. The molecule has 0 amide bonds. The maximum Gasteiger partial charge on any atom is 0.179 e. The number of benzene rings is 1. The lowest BCUT2D eigenvalue weighted by Gasteiger charge is -2.49. The van der Waals surface area contributed by atoms with Gasteiger partial charge in [0.25, 0.3) is 0 Å². The fraction of sp³-hybridized carbons (Fsp3) is 0.586. The topological polar surface area (TPSA) is 55.8 Å². The van der Waals surface area contributed by atoms with E-state index in [1.807, 2.05) is 19.1 Å². The maximum atomic E-state index is 13.8. The van der Waals surface area contributed by atoms with Crippen molar-refractivity contribution in [2.24, 2.45) is 10.8 Å². The normalized spacial score (nSPS) is 21.8. The smallest absolute Gasteiger partial charge is 0.179 e. The molecule has 0 spiro atoms. The highest BCUT2D eigenvalue weighted by Gasteiger charge is 2.49. The van der Waals surface area contributed by atoms with Crippen LogP contribution in [0.25, 0.3) is 0 Å². The lowest BCUT2D eigenvalue weighted by molar-refractivity contribution is -0.119. The molecule has 0 N–H and O–H groups in total. The van der Waals surface area contributed by atoms with Gasteiger partial charge in [0.15, 0.2) is 23.1 Å². The van der Waals surface area contributed by atoms with Gasteiger partial charge in [-0.3, -0.25) is 9.59 Å². The Hall–Kier alpha value is -2.27. The highest BCUT2D eigenvalue weighted by atomic mass is 35.5.